The lowest BCUT2D eigenvalue weighted by atomic mass is 10.0. The van der Waals surface area contributed by atoms with Gasteiger partial charge in [-0.2, -0.15) is 5.12 Å². The number of aryl methyl sites for hydroxylation is 2. The number of rotatable bonds is 12. The van der Waals surface area contributed by atoms with E-state index < -0.39 is 0 Å². The molecule has 29 heavy (non-hydrogen) atoms. The van der Waals surface area contributed by atoms with Gasteiger partial charge in [0.2, 0.25) is 0 Å². The van der Waals surface area contributed by atoms with Crippen molar-refractivity contribution < 1.29 is 5.11 Å². The molecule has 0 bridgehead atoms. The molecule has 1 heterocycles. The summed E-state index contributed by atoms with van der Waals surface area (Å²) in [7, 11) is 0. The lowest BCUT2D eigenvalue weighted by molar-refractivity contribution is 0.466. The van der Waals surface area contributed by atoms with Crippen LogP contribution in [-0.4, -0.2) is 5.11 Å². The van der Waals surface area contributed by atoms with E-state index in [2.05, 4.69) is 30.8 Å². The van der Waals surface area contributed by atoms with E-state index in [0.29, 0.717) is 5.75 Å². The standard InChI is InChI=1S/C25H37N3O/c1-3-4-5-6-7-8-9-10-11-12-15-21-18-20(2)19-24(25(21)29)28-26-22-16-13-14-17-23(22)27-28/h13-14,16-19,26-27,29H,3-12,15H2,1-2H3. The first kappa shape index (κ1) is 21.4. The molecule has 0 aliphatic carbocycles. The Morgan fingerprint density at radius 2 is 1.34 bits per heavy atom. The zero-order valence-corrected chi connectivity index (χ0v) is 18.1. The Hall–Kier alpha value is -2.36. The highest BCUT2D eigenvalue weighted by atomic mass is 16.3. The van der Waals surface area contributed by atoms with Crippen LogP contribution in [0.3, 0.4) is 0 Å². The van der Waals surface area contributed by atoms with Gasteiger partial charge in [-0.3, -0.25) is 10.9 Å². The lowest BCUT2D eigenvalue weighted by Gasteiger charge is -2.22. The monoisotopic (exact) mass is 395 g/mol. The molecule has 3 rings (SSSR count). The molecular weight excluding hydrogens is 358 g/mol. The van der Waals surface area contributed by atoms with Crippen LogP contribution in [-0.2, 0) is 6.42 Å². The van der Waals surface area contributed by atoms with Gasteiger partial charge in [-0.05, 0) is 49.1 Å². The van der Waals surface area contributed by atoms with Crippen molar-refractivity contribution >= 4 is 17.1 Å². The lowest BCUT2D eigenvalue weighted by Crippen LogP contribution is -2.29. The smallest absolute Gasteiger partial charge is 0.146 e. The average Bonchev–Trinajstić information content (AvgIpc) is 3.15. The molecule has 4 heteroatoms. The summed E-state index contributed by atoms with van der Waals surface area (Å²) in [6.07, 6.45) is 14.2. The van der Waals surface area contributed by atoms with Gasteiger partial charge in [-0.1, -0.05) is 82.9 Å². The van der Waals surface area contributed by atoms with Crippen LogP contribution in [0.15, 0.2) is 36.4 Å². The van der Waals surface area contributed by atoms with Gasteiger partial charge in [0.05, 0.1) is 11.4 Å². The largest absolute Gasteiger partial charge is 0.505 e. The Labute approximate surface area is 176 Å². The second-order valence-corrected chi connectivity index (χ2v) is 8.33. The molecule has 4 nitrogen and oxygen atoms in total. The summed E-state index contributed by atoms with van der Waals surface area (Å²) in [4.78, 5) is 0. The second-order valence-electron chi connectivity index (χ2n) is 8.33. The summed E-state index contributed by atoms with van der Waals surface area (Å²) in [6, 6.07) is 12.2. The first-order chi connectivity index (χ1) is 14.2. The maximum atomic E-state index is 10.9. The number of hydrogen-bond donors (Lipinski definition) is 3. The number of fused-ring (bicyclic) bond motifs is 1. The fraction of sp³-hybridized carbons (Fsp3) is 0.520. The minimum absolute atomic E-state index is 0.374. The van der Waals surface area contributed by atoms with Crippen molar-refractivity contribution in [2.24, 2.45) is 0 Å². The molecule has 0 unspecified atom stereocenters. The van der Waals surface area contributed by atoms with Crippen molar-refractivity contribution in [3.8, 4) is 5.75 Å². The van der Waals surface area contributed by atoms with Crippen molar-refractivity contribution in [1.29, 1.82) is 0 Å². The maximum Gasteiger partial charge on any atom is 0.146 e. The third-order valence-corrected chi connectivity index (χ3v) is 5.75. The van der Waals surface area contributed by atoms with E-state index in [1.54, 1.807) is 0 Å². The first-order valence-electron chi connectivity index (χ1n) is 11.4. The van der Waals surface area contributed by atoms with Crippen LogP contribution in [0, 0.1) is 6.92 Å². The SMILES string of the molecule is CCCCCCCCCCCCc1cc(C)cc(N2Nc3ccccc3N2)c1O. The third kappa shape index (κ3) is 6.06. The number of phenolic OH excluding ortho intramolecular Hbond substituents is 1. The maximum absolute atomic E-state index is 10.9. The van der Waals surface area contributed by atoms with E-state index in [9.17, 15) is 5.11 Å². The van der Waals surface area contributed by atoms with E-state index in [4.69, 9.17) is 0 Å². The molecule has 3 N–H and O–H groups in total. The van der Waals surface area contributed by atoms with Crippen molar-refractivity contribution in [3.05, 3.63) is 47.5 Å². The first-order valence-corrected chi connectivity index (χ1v) is 11.4. The number of aromatic hydroxyl groups is 1. The van der Waals surface area contributed by atoms with Crippen molar-refractivity contribution in [2.45, 2.75) is 84.5 Å². The van der Waals surface area contributed by atoms with Gasteiger partial charge in [-0.25, -0.2) is 0 Å². The van der Waals surface area contributed by atoms with E-state index in [-0.39, 0.29) is 0 Å². The molecule has 0 spiro atoms. The number of phenols is 1. The van der Waals surface area contributed by atoms with Gasteiger partial charge in [0.15, 0.2) is 0 Å². The normalized spacial score (nSPS) is 12.6. The average molecular weight is 396 g/mol. The van der Waals surface area contributed by atoms with Crippen molar-refractivity contribution in [1.82, 2.24) is 0 Å². The zero-order chi connectivity index (χ0) is 20.5. The summed E-state index contributed by atoms with van der Waals surface area (Å²) in [6.45, 7) is 4.36. The number of anilines is 3. The minimum atomic E-state index is 0.374. The van der Waals surface area contributed by atoms with E-state index in [0.717, 1.165) is 35.5 Å². The molecule has 0 radical (unpaired) electrons. The van der Waals surface area contributed by atoms with Gasteiger partial charge >= 0.3 is 0 Å². The quantitative estimate of drug-likeness (QED) is 0.329. The molecular formula is C25H37N3O. The Morgan fingerprint density at radius 3 is 1.93 bits per heavy atom. The molecule has 0 aromatic heterocycles. The molecule has 1 aliphatic rings. The summed E-state index contributed by atoms with van der Waals surface area (Å²) in [5, 5.41) is 12.7. The Balaban J connectivity index is 1.45. The van der Waals surface area contributed by atoms with Crippen LogP contribution in [0.2, 0.25) is 0 Å². The molecule has 2 aromatic rings. The van der Waals surface area contributed by atoms with Crippen molar-refractivity contribution in [2.75, 3.05) is 16.0 Å². The van der Waals surface area contributed by atoms with Crippen LogP contribution in [0.1, 0.15) is 82.3 Å². The number of unbranched alkanes of at least 4 members (excludes halogenated alkanes) is 9. The summed E-state index contributed by atoms with van der Waals surface area (Å²) in [5.41, 5.74) is 11.7. The number of para-hydroxylation sites is 2. The van der Waals surface area contributed by atoms with E-state index >= 15 is 0 Å². The van der Waals surface area contributed by atoms with Crippen LogP contribution >= 0.6 is 0 Å². The van der Waals surface area contributed by atoms with Gasteiger partial charge in [0.1, 0.15) is 11.4 Å². The van der Waals surface area contributed by atoms with Gasteiger partial charge in [-0.15, -0.1) is 0 Å². The van der Waals surface area contributed by atoms with Crippen LogP contribution in [0.4, 0.5) is 17.1 Å². The fourth-order valence-electron chi connectivity index (χ4n) is 4.06. The molecule has 2 aromatic carbocycles. The molecule has 0 saturated carbocycles. The fourth-order valence-corrected chi connectivity index (χ4v) is 4.06. The highest BCUT2D eigenvalue weighted by Crippen LogP contribution is 2.38. The molecule has 0 atom stereocenters. The van der Waals surface area contributed by atoms with Crippen molar-refractivity contribution in [3.63, 3.8) is 0 Å². The number of hydrogen-bond acceptors (Lipinski definition) is 4. The molecule has 0 saturated heterocycles. The Morgan fingerprint density at radius 1 is 0.793 bits per heavy atom. The number of nitrogens with zero attached hydrogens (tertiary/aromatic N) is 1. The predicted molar refractivity (Wildman–Crippen MR) is 125 cm³/mol. The minimum Gasteiger partial charge on any atom is -0.505 e. The van der Waals surface area contributed by atoms with E-state index in [1.165, 1.54) is 63.4 Å². The van der Waals surface area contributed by atoms with Crippen LogP contribution in [0.5, 0.6) is 5.75 Å². The predicted octanol–water partition coefficient (Wildman–Crippen LogP) is 7.34. The highest BCUT2D eigenvalue weighted by Gasteiger charge is 2.21. The third-order valence-electron chi connectivity index (χ3n) is 5.75. The number of hydrazine groups is 2. The summed E-state index contributed by atoms with van der Waals surface area (Å²) in [5.74, 6) is 0.374. The topological polar surface area (TPSA) is 47.5 Å². The number of benzene rings is 2. The summed E-state index contributed by atoms with van der Waals surface area (Å²) < 4.78 is 0. The second kappa shape index (κ2) is 11.0. The number of nitrogens with one attached hydrogen (secondary N) is 2. The van der Waals surface area contributed by atoms with Gasteiger partial charge in [0, 0.05) is 0 Å². The zero-order valence-electron chi connectivity index (χ0n) is 18.1. The summed E-state index contributed by atoms with van der Waals surface area (Å²) >= 11 is 0. The molecule has 0 amide bonds. The molecule has 158 valence electrons. The van der Waals surface area contributed by atoms with Gasteiger partial charge < -0.3 is 5.11 Å². The Bertz CT molecular complexity index is 750. The van der Waals surface area contributed by atoms with Gasteiger partial charge in [0.25, 0.3) is 0 Å². The van der Waals surface area contributed by atoms with Crippen LogP contribution in [0.25, 0.3) is 0 Å². The molecule has 0 fully saturated rings. The highest BCUT2D eigenvalue weighted by molar-refractivity contribution is 5.81. The Kier molecular flexibility index (Phi) is 8.09. The van der Waals surface area contributed by atoms with E-state index in [1.807, 2.05) is 35.4 Å². The molecule has 1 aliphatic heterocycles. The van der Waals surface area contributed by atoms with Crippen LogP contribution < -0.4 is 16.0 Å².